The summed E-state index contributed by atoms with van der Waals surface area (Å²) in [5.41, 5.74) is 8.34. The van der Waals surface area contributed by atoms with Crippen molar-refractivity contribution < 1.29 is 4.74 Å². The minimum Gasteiger partial charge on any atom is -0.380 e. The lowest BCUT2D eigenvalue weighted by molar-refractivity contribution is 0.00841. The molecular weight excluding hydrogens is 174 g/mol. The lowest BCUT2D eigenvalue weighted by Gasteiger charge is -2.26. The van der Waals surface area contributed by atoms with Crippen molar-refractivity contribution in [2.45, 2.75) is 18.8 Å². The lowest BCUT2D eigenvalue weighted by atomic mass is 9.94. The van der Waals surface area contributed by atoms with Crippen LogP contribution in [0.5, 0.6) is 0 Å². The van der Waals surface area contributed by atoms with E-state index in [9.17, 15) is 0 Å². The molecule has 2 rings (SSSR count). The minimum atomic E-state index is 0.460. The van der Waals surface area contributed by atoms with Crippen LogP contribution in [0.15, 0.2) is 24.3 Å². The van der Waals surface area contributed by atoms with Crippen LogP contribution in [0.2, 0.25) is 0 Å². The van der Waals surface area contributed by atoms with Gasteiger partial charge in [-0.25, -0.2) is 0 Å². The third-order valence-corrected chi connectivity index (χ3v) is 2.97. The van der Waals surface area contributed by atoms with Crippen LogP contribution in [0.3, 0.4) is 0 Å². The van der Waals surface area contributed by atoms with E-state index in [1.807, 2.05) is 0 Å². The molecule has 0 aromatic heterocycles. The lowest BCUT2D eigenvalue weighted by Crippen LogP contribution is -2.25. The van der Waals surface area contributed by atoms with E-state index >= 15 is 0 Å². The summed E-state index contributed by atoms with van der Waals surface area (Å²) < 4.78 is 5.17. The number of hydrogen-bond acceptors (Lipinski definition) is 2. The summed E-state index contributed by atoms with van der Waals surface area (Å²) in [5, 5.41) is 0. The second-order valence-corrected chi connectivity index (χ2v) is 4.04. The molecule has 0 spiro atoms. The van der Waals surface area contributed by atoms with Crippen LogP contribution >= 0.6 is 0 Å². The summed E-state index contributed by atoms with van der Waals surface area (Å²) in [6.07, 6.45) is 0. The third-order valence-electron chi connectivity index (χ3n) is 2.97. The van der Waals surface area contributed by atoms with Gasteiger partial charge in [-0.2, -0.15) is 0 Å². The largest absolute Gasteiger partial charge is 0.380 e. The number of hydrogen-bond donors (Lipinski definition) is 1. The van der Waals surface area contributed by atoms with Crippen LogP contribution in [0, 0.1) is 0 Å². The van der Waals surface area contributed by atoms with E-state index in [-0.39, 0.29) is 0 Å². The van der Waals surface area contributed by atoms with Crippen molar-refractivity contribution in [2.75, 3.05) is 19.8 Å². The quantitative estimate of drug-likeness (QED) is 0.791. The first kappa shape index (κ1) is 9.69. The molecule has 2 N–H and O–H groups in total. The Bertz CT molecular complexity index is 266. The van der Waals surface area contributed by atoms with Gasteiger partial charge in [-0.1, -0.05) is 31.2 Å². The summed E-state index contributed by atoms with van der Waals surface area (Å²) in [5.74, 6) is 1.08. The van der Waals surface area contributed by atoms with Gasteiger partial charge >= 0.3 is 0 Å². The number of ether oxygens (including phenoxy) is 1. The van der Waals surface area contributed by atoms with E-state index in [0.717, 1.165) is 13.2 Å². The van der Waals surface area contributed by atoms with Gasteiger partial charge in [-0.15, -0.1) is 0 Å². The molecule has 1 aliphatic heterocycles. The van der Waals surface area contributed by atoms with Crippen LogP contribution in [0.25, 0.3) is 0 Å². The molecule has 14 heavy (non-hydrogen) atoms. The van der Waals surface area contributed by atoms with Gasteiger partial charge in [0.25, 0.3) is 0 Å². The summed E-state index contributed by atoms with van der Waals surface area (Å²) in [6, 6.07) is 8.78. The van der Waals surface area contributed by atoms with Crippen LogP contribution in [-0.2, 0) is 4.74 Å². The van der Waals surface area contributed by atoms with Gasteiger partial charge in [0.05, 0.1) is 13.2 Å². The second-order valence-electron chi connectivity index (χ2n) is 4.04. The highest BCUT2D eigenvalue weighted by Crippen LogP contribution is 2.25. The van der Waals surface area contributed by atoms with Crippen LogP contribution in [0.4, 0.5) is 0 Å². The molecule has 1 fully saturated rings. The molecule has 0 amide bonds. The van der Waals surface area contributed by atoms with Crippen molar-refractivity contribution in [3.63, 3.8) is 0 Å². The maximum absolute atomic E-state index is 5.62. The maximum Gasteiger partial charge on any atom is 0.0557 e. The molecule has 2 heteroatoms. The molecule has 1 heterocycles. The predicted octanol–water partition coefficient (Wildman–Crippen LogP) is 1.86. The summed E-state index contributed by atoms with van der Waals surface area (Å²) in [7, 11) is 0. The highest BCUT2D eigenvalue weighted by Gasteiger charge is 2.20. The average Bonchev–Trinajstić information content (AvgIpc) is 2.15. The number of nitrogens with two attached hydrogens (primary N) is 1. The first-order valence-corrected chi connectivity index (χ1v) is 5.19. The minimum absolute atomic E-state index is 0.460. The second kappa shape index (κ2) is 4.11. The number of benzene rings is 1. The molecule has 1 unspecified atom stereocenters. The Kier molecular flexibility index (Phi) is 2.85. The maximum atomic E-state index is 5.62. The van der Waals surface area contributed by atoms with E-state index in [0.29, 0.717) is 18.4 Å². The van der Waals surface area contributed by atoms with E-state index in [1.165, 1.54) is 11.1 Å². The van der Waals surface area contributed by atoms with Crippen LogP contribution < -0.4 is 5.73 Å². The first-order valence-electron chi connectivity index (χ1n) is 5.19. The van der Waals surface area contributed by atoms with Crippen molar-refractivity contribution in [1.82, 2.24) is 0 Å². The Morgan fingerprint density at radius 1 is 1.36 bits per heavy atom. The fourth-order valence-corrected chi connectivity index (χ4v) is 1.66. The van der Waals surface area contributed by atoms with Crippen molar-refractivity contribution in [3.8, 4) is 0 Å². The van der Waals surface area contributed by atoms with Gasteiger partial charge in [0, 0.05) is 5.92 Å². The summed E-state index contributed by atoms with van der Waals surface area (Å²) in [6.45, 7) is 4.63. The zero-order valence-corrected chi connectivity index (χ0v) is 8.57. The molecule has 1 aliphatic rings. The van der Waals surface area contributed by atoms with E-state index in [4.69, 9.17) is 10.5 Å². The standard InChI is InChI=1S/C12H17NO/c1-9(6-13)10-2-4-11(5-3-10)12-7-14-8-12/h2-5,9,12H,6-8,13H2,1H3. The van der Waals surface area contributed by atoms with Crippen LogP contribution in [0.1, 0.15) is 29.9 Å². The van der Waals surface area contributed by atoms with E-state index < -0.39 is 0 Å². The highest BCUT2D eigenvalue weighted by atomic mass is 16.5. The first-order chi connectivity index (χ1) is 6.81. The Morgan fingerprint density at radius 2 is 2.00 bits per heavy atom. The monoisotopic (exact) mass is 191 g/mol. The Morgan fingerprint density at radius 3 is 2.43 bits per heavy atom. The van der Waals surface area contributed by atoms with Gasteiger partial charge in [0.1, 0.15) is 0 Å². The SMILES string of the molecule is CC(CN)c1ccc(C2COC2)cc1. The Balaban J connectivity index is 2.09. The molecule has 1 aromatic carbocycles. The molecule has 0 radical (unpaired) electrons. The van der Waals surface area contributed by atoms with Gasteiger partial charge in [0.2, 0.25) is 0 Å². The zero-order valence-electron chi connectivity index (χ0n) is 8.57. The Hall–Kier alpha value is -0.860. The van der Waals surface area contributed by atoms with E-state index in [1.54, 1.807) is 0 Å². The third kappa shape index (κ3) is 1.81. The molecule has 2 nitrogen and oxygen atoms in total. The molecule has 0 aliphatic carbocycles. The zero-order chi connectivity index (χ0) is 9.97. The summed E-state index contributed by atoms with van der Waals surface area (Å²) >= 11 is 0. The summed E-state index contributed by atoms with van der Waals surface area (Å²) in [4.78, 5) is 0. The van der Waals surface area contributed by atoms with Crippen molar-refractivity contribution in [3.05, 3.63) is 35.4 Å². The predicted molar refractivity (Wildman–Crippen MR) is 57.5 cm³/mol. The normalized spacial score (nSPS) is 19.0. The highest BCUT2D eigenvalue weighted by molar-refractivity contribution is 5.28. The van der Waals surface area contributed by atoms with E-state index in [2.05, 4.69) is 31.2 Å². The smallest absolute Gasteiger partial charge is 0.0557 e. The topological polar surface area (TPSA) is 35.2 Å². The molecule has 0 bridgehead atoms. The fourth-order valence-electron chi connectivity index (χ4n) is 1.66. The Labute approximate surface area is 85.1 Å². The van der Waals surface area contributed by atoms with Gasteiger partial charge in [-0.3, -0.25) is 0 Å². The fraction of sp³-hybridized carbons (Fsp3) is 0.500. The molecule has 1 saturated heterocycles. The van der Waals surface area contributed by atoms with Crippen molar-refractivity contribution in [2.24, 2.45) is 5.73 Å². The molecule has 0 saturated carbocycles. The molecule has 1 aromatic rings. The van der Waals surface area contributed by atoms with Gasteiger partial charge < -0.3 is 10.5 Å². The van der Waals surface area contributed by atoms with Crippen molar-refractivity contribution in [1.29, 1.82) is 0 Å². The molecule has 1 atom stereocenters. The van der Waals surface area contributed by atoms with Gasteiger partial charge in [-0.05, 0) is 23.6 Å². The van der Waals surface area contributed by atoms with Crippen molar-refractivity contribution >= 4 is 0 Å². The van der Waals surface area contributed by atoms with Gasteiger partial charge in [0.15, 0.2) is 0 Å². The molecular formula is C12H17NO. The number of rotatable bonds is 3. The molecule has 76 valence electrons. The average molecular weight is 191 g/mol. The van der Waals surface area contributed by atoms with Crippen LogP contribution in [-0.4, -0.2) is 19.8 Å².